The zero-order chi connectivity index (χ0) is 30.0. The van der Waals surface area contributed by atoms with Gasteiger partial charge in [-0.1, -0.05) is 121 Å². The Morgan fingerprint density at radius 3 is 1.93 bits per heavy atom. The zero-order valence-corrected chi connectivity index (χ0v) is 24.2. The molecule has 0 atom stereocenters. The van der Waals surface area contributed by atoms with Gasteiger partial charge in [0.2, 0.25) is 5.69 Å². The van der Waals surface area contributed by atoms with Crippen LogP contribution in [0.2, 0.25) is 0 Å². The van der Waals surface area contributed by atoms with E-state index in [1.165, 1.54) is 16.3 Å². The first-order chi connectivity index (χ1) is 21.6. The van der Waals surface area contributed by atoms with Crippen molar-refractivity contribution in [2.45, 2.75) is 6.92 Å². The second-order valence-electron chi connectivity index (χ2n) is 10.9. The fourth-order valence-corrected chi connectivity index (χ4v) is 5.97. The normalized spacial score (nSPS) is 11.2. The summed E-state index contributed by atoms with van der Waals surface area (Å²) in [5.74, 6) is 0. The average molecular weight is 562 g/mol. The molecule has 206 valence electrons. The van der Waals surface area contributed by atoms with Gasteiger partial charge in [0.1, 0.15) is 6.07 Å². The lowest BCUT2D eigenvalue weighted by Gasteiger charge is -2.27. The summed E-state index contributed by atoms with van der Waals surface area (Å²) >= 11 is 0. The summed E-state index contributed by atoms with van der Waals surface area (Å²) < 4.78 is 0. The maximum Gasteiger partial charge on any atom is 0.202 e. The van der Waals surface area contributed by atoms with Crippen molar-refractivity contribution in [1.82, 2.24) is 0 Å². The molecule has 0 unspecified atom stereocenters. The first kappa shape index (κ1) is 26.7. The second kappa shape index (κ2) is 11.3. The molecule has 7 rings (SSSR count). The number of fused-ring (bicyclic) bond motifs is 3. The van der Waals surface area contributed by atoms with Gasteiger partial charge < -0.3 is 4.90 Å². The Balaban J connectivity index is 1.26. The van der Waals surface area contributed by atoms with Crippen molar-refractivity contribution in [2.75, 3.05) is 4.90 Å². The van der Waals surface area contributed by atoms with Gasteiger partial charge in [-0.3, -0.25) is 0 Å². The van der Waals surface area contributed by atoms with Crippen LogP contribution in [0.15, 0.2) is 133 Å². The van der Waals surface area contributed by atoms with E-state index < -0.39 is 0 Å². The van der Waals surface area contributed by atoms with Crippen LogP contribution in [0.1, 0.15) is 22.3 Å². The molecule has 0 amide bonds. The van der Waals surface area contributed by atoms with Crippen molar-refractivity contribution in [3.8, 4) is 6.07 Å². The summed E-state index contributed by atoms with van der Waals surface area (Å²) in [6, 6.07) is 48.2. The molecule has 3 heteroatoms. The summed E-state index contributed by atoms with van der Waals surface area (Å²) in [7, 11) is 0. The predicted molar refractivity (Wildman–Crippen MR) is 185 cm³/mol. The van der Waals surface area contributed by atoms with Crippen LogP contribution >= 0.6 is 0 Å². The summed E-state index contributed by atoms with van der Waals surface area (Å²) in [5.41, 5.74) is 7.77. The molecule has 0 fully saturated rings. The number of rotatable bonds is 5. The smallest absolute Gasteiger partial charge is 0.202 e. The minimum atomic E-state index is 0.582. The molecular formula is C41H27N3. The lowest BCUT2D eigenvalue weighted by Crippen LogP contribution is -2.10. The van der Waals surface area contributed by atoms with E-state index >= 15 is 0 Å². The van der Waals surface area contributed by atoms with Gasteiger partial charge in [0.15, 0.2) is 0 Å². The van der Waals surface area contributed by atoms with Crippen LogP contribution in [0.3, 0.4) is 0 Å². The minimum absolute atomic E-state index is 0.582. The molecule has 0 heterocycles. The molecule has 44 heavy (non-hydrogen) atoms. The third-order valence-corrected chi connectivity index (χ3v) is 8.16. The standard InChI is InChI=1S/C41H27N3/c1-28-14-21-32(22-15-28)44(40-13-7-9-31-8-3-4-10-34(31)40)33-23-18-29(19-24-33)16-17-30-20-25-36-38(26-30)41(43-2)37-12-6-5-11-35(37)39(36)27-42/h3-26H,1H3. The van der Waals surface area contributed by atoms with E-state index in [-0.39, 0.29) is 0 Å². The van der Waals surface area contributed by atoms with Crippen molar-refractivity contribution < 1.29 is 0 Å². The van der Waals surface area contributed by atoms with E-state index in [1.807, 2.05) is 42.5 Å². The van der Waals surface area contributed by atoms with Gasteiger partial charge in [-0.2, -0.15) is 5.26 Å². The lowest BCUT2D eigenvalue weighted by molar-refractivity contribution is 1.29. The summed E-state index contributed by atoms with van der Waals surface area (Å²) in [6.07, 6.45) is 4.15. The van der Waals surface area contributed by atoms with Gasteiger partial charge in [0.25, 0.3) is 0 Å². The highest BCUT2D eigenvalue weighted by Gasteiger charge is 2.16. The molecule has 0 bridgehead atoms. The monoisotopic (exact) mass is 561 g/mol. The van der Waals surface area contributed by atoms with E-state index in [4.69, 9.17) is 6.57 Å². The zero-order valence-electron chi connectivity index (χ0n) is 24.2. The van der Waals surface area contributed by atoms with Crippen LogP contribution in [0.25, 0.3) is 49.3 Å². The highest BCUT2D eigenvalue weighted by Crippen LogP contribution is 2.40. The second-order valence-corrected chi connectivity index (χ2v) is 10.9. The van der Waals surface area contributed by atoms with E-state index in [0.29, 0.717) is 11.3 Å². The Morgan fingerprint density at radius 1 is 0.614 bits per heavy atom. The van der Waals surface area contributed by atoms with E-state index in [0.717, 1.165) is 49.7 Å². The number of hydrogen-bond donors (Lipinski definition) is 0. The predicted octanol–water partition coefficient (Wildman–Crippen LogP) is 11.5. The number of anilines is 3. The molecule has 0 aliphatic rings. The molecule has 7 aromatic rings. The number of nitrogens with zero attached hydrogens (tertiary/aromatic N) is 3. The molecule has 0 aliphatic heterocycles. The molecule has 0 spiro atoms. The molecule has 0 saturated heterocycles. The minimum Gasteiger partial charge on any atom is -0.310 e. The largest absolute Gasteiger partial charge is 0.310 e. The maximum atomic E-state index is 9.94. The third-order valence-electron chi connectivity index (χ3n) is 8.16. The van der Waals surface area contributed by atoms with Crippen LogP contribution in [0, 0.1) is 24.8 Å². The first-order valence-corrected chi connectivity index (χ1v) is 14.5. The van der Waals surface area contributed by atoms with Crippen LogP contribution < -0.4 is 4.90 Å². The van der Waals surface area contributed by atoms with Crippen LogP contribution in [-0.2, 0) is 0 Å². The van der Waals surface area contributed by atoms with Gasteiger partial charge >= 0.3 is 0 Å². The Hall–Kier alpha value is -6.16. The van der Waals surface area contributed by atoms with Gasteiger partial charge in [0, 0.05) is 16.8 Å². The first-order valence-electron chi connectivity index (χ1n) is 14.5. The van der Waals surface area contributed by atoms with Gasteiger partial charge in [-0.15, -0.1) is 0 Å². The maximum absolute atomic E-state index is 9.94. The highest BCUT2D eigenvalue weighted by molar-refractivity contribution is 6.15. The van der Waals surface area contributed by atoms with Crippen LogP contribution in [0.4, 0.5) is 22.7 Å². The van der Waals surface area contributed by atoms with Crippen molar-refractivity contribution in [2.24, 2.45) is 0 Å². The number of nitriles is 1. The van der Waals surface area contributed by atoms with Crippen molar-refractivity contribution in [3.63, 3.8) is 0 Å². The van der Waals surface area contributed by atoms with Crippen LogP contribution in [0.5, 0.6) is 0 Å². The van der Waals surface area contributed by atoms with E-state index in [9.17, 15) is 5.26 Å². The van der Waals surface area contributed by atoms with Crippen molar-refractivity contribution in [1.29, 1.82) is 5.26 Å². The Bertz CT molecular complexity index is 2290. The number of benzene rings is 7. The number of aryl methyl sites for hydroxylation is 1. The van der Waals surface area contributed by atoms with Gasteiger partial charge in [0.05, 0.1) is 17.8 Å². The molecule has 0 aliphatic carbocycles. The quantitative estimate of drug-likeness (QED) is 0.119. The molecule has 0 N–H and O–H groups in total. The van der Waals surface area contributed by atoms with Crippen molar-refractivity contribution in [3.05, 3.63) is 167 Å². The number of hydrogen-bond acceptors (Lipinski definition) is 2. The summed E-state index contributed by atoms with van der Waals surface area (Å²) in [6.45, 7) is 10.0. The van der Waals surface area contributed by atoms with E-state index in [2.05, 4.69) is 126 Å². The third kappa shape index (κ3) is 4.74. The molecule has 7 aromatic carbocycles. The fraction of sp³-hybridized carbons (Fsp3) is 0.0244. The van der Waals surface area contributed by atoms with Crippen LogP contribution in [-0.4, -0.2) is 0 Å². The fourth-order valence-electron chi connectivity index (χ4n) is 5.97. The van der Waals surface area contributed by atoms with Gasteiger partial charge in [-0.25, -0.2) is 4.85 Å². The summed E-state index contributed by atoms with van der Waals surface area (Å²) in [5, 5.41) is 15.6. The lowest BCUT2D eigenvalue weighted by atomic mass is 9.94. The topological polar surface area (TPSA) is 31.4 Å². The summed E-state index contributed by atoms with van der Waals surface area (Å²) in [4.78, 5) is 6.18. The average Bonchev–Trinajstić information content (AvgIpc) is 3.07. The SMILES string of the molecule is [C-]#[N+]c1c2ccccc2c(C#N)c2ccc(C=Cc3ccc(N(c4ccc(C)cc4)c4cccc5ccccc45)cc3)cc12. The van der Waals surface area contributed by atoms with E-state index in [1.54, 1.807) is 0 Å². The Kier molecular flexibility index (Phi) is 6.84. The molecular weight excluding hydrogens is 534 g/mol. The highest BCUT2D eigenvalue weighted by atomic mass is 15.1. The molecule has 0 radical (unpaired) electrons. The molecule has 0 saturated carbocycles. The molecule has 0 aromatic heterocycles. The molecule has 3 nitrogen and oxygen atoms in total. The Labute approximate surface area is 257 Å². The van der Waals surface area contributed by atoms with Gasteiger partial charge in [-0.05, 0) is 75.3 Å². The Morgan fingerprint density at radius 2 is 1.20 bits per heavy atom. The van der Waals surface area contributed by atoms with Crippen molar-refractivity contribution >= 4 is 67.2 Å².